The third-order valence-corrected chi connectivity index (χ3v) is 3.07. The summed E-state index contributed by atoms with van der Waals surface area (Å²) in [5.41, 5.74) is 3.68. The van der Waals surface area contributed by atoms with Gasteiger partial charge in [-0.15, -0.1) is 8.86 Å². The second-order valence-corrected chi connectivity index (χ2v) is 4.36. The molecular weight excluding hydrogens is 223 g/mol. The molecule has 0 nitrogen and oxygen atoms in total. The van der Waals surface area contributed by atoms with E-state index in [0.717, 1.165) is 5.29 Å². The van der Waals surface area contributed by atoms with E-state index in [1.807, 2.05) is 19.1 Å². The maximum atomic E-state index is 3.66. The SMILES string of the molecule is C/C=C\C(=C1\C=CC=CC1=P)c1ccccc1. The Morgan fingerprint density at radius 2 is 1.76 bits per heavy atom. The predicted molar refractivity (Wildman–Crippen MR) is 79.8 cm³/mol. The smallest absolute Gasteiger partial charge is 0.00232 e. The van der Waals surface area contributed by atoms with Gasteiger partial charge in [0.25, 0.3) is 0 Å². The van der Waals surface area contributed by atoms with Crippen molar-refractivity contribution in [1.29, 1.82) is 0 Å². The second kappa shape index (κ2) is 5.61. The fourth-order valence-electron chi connectivity index (χ4n) is 1.84. The minimum Gasteiger partial charge on any atom is -0.114 e. The first-order chi connectivity index (χ1) is 8.33. The van der Waals surface area contributed by atoms with Crippen molar-refractivity contribution < 1.29 is 0 Å². The molecule has 0 N–H and O–H groups in total. The molecule has 0 saturated heterocycles. The van der Waals surface area contributed by atoms with Gasteiger partial charge in [-0.1, -0.05) is 66.8 Å². The van der Waals surface area contributed by atoms with Gasteiger partial charge in [0.05, 0.1) is 0 Å². The van der Waals surface area contributed by atoms with Gasteiger partial charge in [-0.3, -0.25) is 0 Å². The Hall–Kier alpha value is -1.65. The van der Waals surface area contributed by atoms with Crippen LogP contribution in [-0.2, 0) is 0 Å². The molecule has 1 aliphatic rings. The Kier molecular flexibility index (Phi) is 3.90. The Morgan fingerprint density at radius 1 is 1.06 bits per heavy atom. The van der Waals surface area contributed by atoms with Crippen molar-refractivity contribution in [2.24, 2.45) is 0 Å². The van der Waals surface area contributed by atoms with E-state index >= 15 is 0 Å². The van der Waals surface area contributed by atoms with Crippen LogP contribution in [0.15, 0.2) is 72.4 Å². The first-order valence-electron chi connectivity index (χ1n) is 5.69. The highest BCUT2D eigenvalue weighted by molar-refractivity contribution is 7.23. The standard InChI is InChI=1S/C16H15P/c1-2-8-14(13-9-4-3-5-10-13)15-11-6-7-12-16(15)17/h2-12,17H,1H3/b8-2-,15-14+. The van der Waals surface area contributed by atoms with Gasteiger partial charge in [0.15, 0.2) is 0 Å². The van der Waals surface area contributed by atoms with Gasteiger partial charge in [0.2, 0.25) is 0 Å². The van der Waals surface area contributed by atoms with Crippen molar-refractivity contribution in [3.8, 4) is 0 Å². The Morgan fingerprint density at radius 3 is 2.41 bits per heavy atom. The van der Waals surface area contributed by atoms with E-state index < -0.39 is 0 Å². The van der Waals surface area contributed by atoms with Gasteiger partial charge in [-0.2, -0.15) is 0 Å². The highest BCUT2D eigenvalue weighted by atomic mass is 31.0. The van der Waals surface area contributed by atoms with Crippen LogP contribution in [0.3, 0.4) is 0 Å². The van der Waals surface area contributed by atoms with Crippen LogP contribution in [0.5, 0.6) is 0 Å². The molecule has 0 amide bonds. The molecule has 0 atom stereocenters. The quantitative estimate of drug-likeness (QED) is 0.667. The van der Waals surface area contributed by atoms with Gasteiger partial charge in [0.1, 0.15) is 0 Å². The van der Waals surface area contributed by atoms with Crippen LogP contribution in [-0.4, -0.2) is 5.29 Å². The van der Waals surface area contributed by atoms with Crippen molar-refractivity contribution in [3.05, 3.63) is 77.9 Å². The van der Waals surface area contributed by atoms with Crippen molar-refractivity contribution >= 4 is 19.7 Å². The lowest BCUT2D eigenvalue weighted by molar-refractivity contribution is 1.59. The number of hydrogen-bond donors (Lipinski definition) is 0. The molecular formula is C16H15P. The number of rotatable bonds is 2. The van der Waals surface area contributed by atoms with Gasteiger partial charge >= 0.3 is 0 Å². The third kappa shape index (κ3) is 2.72. The molecule has 0 radical (unpaired) electrons. The molecule has 17 heavy (non-hydrogen) atoms. The molecule has 0 aromatic heterocycles. The van der Waals surface area contributed by atoms with Crippen LogP contribution in [0.25, 0.3) is 5.57 Å². The summed E-state index contributed by atoms with van der Waals surface area (Å²) in [6.45, 7) is 2.04. The van der Waals surface area contributed by atoms with Crippen molar-refractivity contribution in [2.45, 2.75) is 6.92 Å². The monoisotopic (exact) mass is 238 g/mol. The largest absolute Gasteiger partial charge is 0.114 e. The molecule has 1 aromatic rings. The van der Waals surface area contributed by atoms with Gasteiger partial charge in [-0.25, -0.2) is 0 Å². The van der Waals surface area contributed by atoms with Crippen molar-refractivity contribution in [2.75, 3.05) is 0 Å². The molecule has 0 aliphatic heterocycles. The molecule has 0 spiro atoms. The van der Waals surface area contributed by atoms with E-state index in [4.69, 9.17) is 0 Å². The maximum Gasteiger partial charge on any atom is 0.00232 e. The summed E-state index contributed by atoms with van der Waals surface area (Å²) in [4.78, 5) is 0. The molecule has 84 valence electrons. The van der Waals surface area contributed by atoms with E-state index in [-0.39, 0.29) is 0 Å². The van der Waals surface area contributed by atoms with E-state index in [1.165, 1.54) is 16.7 Å². The molecule has 0 unspecified atom stereocenters. The van der Waals surface area contributed by atoms with Gasteiger partial charge in [-0.05, 0) is 23.6 Å². The molecule has 0 fully saturated rings. The first kappa shape index (κ1) is 11.8. The van der Waals surface area contributed by atoms with Crippen LogP contribution in [0.1, 0.15) is 12.5 Å². The summed E-state index contributed by atoms with van der Waals surface area (Å²) in [6.07, 6.45) is 12.5. The fraction of sp³-hybridized carbons (Fsp3) is 0.0625. The normalized spacial score (nSPS) is 17.8. The van der Waals surface area contributed by atoms with Crippen LogP contribution in [0, 0.1) is 0 Å². The molecule has 0 heterocycles. The Bertz CT molecular complexity index is 528. The summed E-state index contributed by atoms with van der Waals surface area (Å²) < 4.78 is 0. The highest BCUT2D eigenvalue weighted by Crippen LogP contribution is 2.24. The summed E-state index contributed by atoms with van der Waals surface area (Å²) in [7, 11) is 3.66. The molecule has 2 rings (SSSR count). The van der Waals surface area contributed by atoms with Crippen LogP contribution in [0.4, 0.5) is 0 Å². The topological polar surface area (TPSA) is 0 Å². The lowest BCUT2D eigenvalue weighted by Gasteiger charge is -2.12. The van der Waals surface area contributed by atoms with Crippen molar-refractivity contribution in [1.82, 2.24) is 0 Å². The van der Waals surface area contributed by atoms with Crippen LogP contribution in [0.2, 0.25) is 0 Å². The third-order valence-electron chi connectivity index (χ3n) is 2.64. The minimum atomic E-state index is 1.12. The van der Waals surface area contributed by atoms with E-state index in [0.29, 0.717) is 0 Å². The molecule has 1 aromatic carbocycles. The second-order valence-electron chi connectivity index (χ2n) is 3.83. The minimum absolute atomic E-state index is 1.12. The average molecular weight is 238 g/mol. The highest BCUT2D eigenvalue weighted by Gasteiger charge is 2.07. The Labute approximate surface area is 105 Å². The van der Waals surface area contributed by atoms with Gasteiger partial charge in [0, 0.05) is 5.29 Å². The summed E-state index contributed by atoms with van der Waals surface area (Å²) in [5, 5.41) is 1.12. The fourth-order valence-corrected chi connectivity index (χ4v) is 2.16. The van der Waals surface area contributed by atoms with E-state index in [1.54, 1.807) is 0 Å². The van der Waals surface area contributed by atoms with Gasteiger partial charge < -0.3 is 0 Å². The van der Waals surface area contributed by atoms with Crippen LogP contribution >= 0.6 is 8.86 Å². The van der Waals surface area contributed by atoms with Crippen LogP contribution < -0.4 is 0 Å². The molecule has 0 saturated carbocycles. The summed E-state index contributed by atoms with van der Waals surface area (Å²) in [6, 6.07) is 10.4. The average Bonchev–Trinajstić information content (AvgIpc) is 2.38. The number of benzene rings is 1. The lowest BCUT2D eigenvalue weighted by Crippen LogP contribution is -1.99. The predicted octanol–water partition coefficient (Wildman–Crippen LogP) is 4.46. The molecule has 1 heteroatoms. The zero-order valence-corrected chi connectivity index (χ0v) is 10.9. The van der Waals surface area contributed by atoms with E-state index in [9.17, 15) is 0 Å². The zero-order chi connectivity index (χ0) is 12.1. The summed E-state index contributed by atoms with van der Waals surface area (Å²) in [5.74, 6) is 0. The van der Waals surface area contributed by atoms with E-state index in [2.05, 4.69) is 63.5 Å². The maximum absolute atomic E-state index is 3.66. The molecule has 1 aliphatic carbocycles. The van der Waals surface area contributed by atoms with Crippen molar-refractivity contribution in [3.63, 3.8) is 0 Å². The summed E-state index contributed by atoms with van der Waals surface area (Å²) >= 11 is 0. The molecule has 0 bridgehead atoms. The zero-order valence-electron chi connectivity index (χ0n) is 9.85. The first-order valence-corrected chi connectivity index (χ1v) is 6.19. The Balaban J connectivity index is 2.56. The number of hydrogen-bond acceptors (Lipinski definition) is 0. The lowest BCUT2D eigenvalue weighted by atomic mass is 9.95. The number of allylic oxidation sites excluding steroid dienone is 8.